The average Bonchev–Trinajstić information content (AvgIpc) is 2.37. The maximum absolute atomic E-state index is 11.8. The van der Waals surface area contributed by atoms with Crippen LogP contribution in [0.25, 0.3) is 0 Å². The predicted octanol–water partition coefficient (Wildman–Crippen LogP) is 2.39. The van der Waals surface area contributed by atoms with Crippen LogP contribution in [-0.2, 0) is 9.84 Å². The van der Waals surface area contributed by atoms with Gasteiger partial charge in [-0.1, -0.05) is 30.7 Å². The quantitative estimate of drug-likeness (QED) is 0.342. The Morgan fingerprint density at radius 3 is 2.63 bits per heavy atom. The molecule has 0 aliphatic rings. The first-order chi connectivity index (χ1) is 8.63. The molecule has 1 N–H and O–H groups in total. The van der Waals surface area contributed by atoms with Crippen LogP contribution in [0, 0.1) is 10.1 Å². The van der Waals surface area contributed by atoms with Crippen molar-refractivity contribution in [2.24, 2.45) is 0 Å². The molecule has 0 aliphatic carbocycles. The summed E-state index contributed by atoms with van der Waals surface area (Å²) in [4.78, 5) is 10.0. The highest BCUT2D eigenvalue weighted by Crippen LogP contribution is 2.43. The lowest BCUT2D eigenvalue weighted by Gasteiger charge is -2.25. The zero-order chi connectivity index (χ0) is 14.8. The highest BCUT2D eigenvalue weighted by atomic mass is 127. The van der Waals surface area contributed by atoms with Crippen molar-refractivity contribution in [2.75, 3.05) is 5.75 Å². The second kappa shape index (κ2) is 5.90. The highest BCUT2D eigenvalue weighted by Gasteiger charge is 2.45. The number of alkyl halides is 2. The number of nitro groups is 1. The molecule has 19 heavy (non-hydrogen) atoms. The predicted molar refractivity (Wildman–Crippen MR) is 80.1 cm³/mol. The summed E-state index contributed by atoms with van der Waals surface area (Å²) >= 11 is 7.36. The number of non-ortho nitro benzene ring substituents is 1. The molecule has 0 aromatic heterocycles. The lowest BCUT2D eigenvalue weighted by Crippen LogP contribution is -2.34. The fourth-order valence-electron chi connectivity index (χ4n) is 1.36. The number of hydrogen-bond acceptors (Lipinski definition) is 5. The van der Waals surface area contributed by atoms with E-state index in [-0.39, 0.29) is 17.0 Å². The molecule has 6 nitrogen and oxygen atoms in total. The van der Waals surface area contributed by atoms with Crippen LogP contribution < -0.4 is 0 Å². The number of rotatable bonds is 5. The standard InChI is InChI=1S/C10H11ClINO5S/c1-2-19(17,18)10(11,12)9(14)7-4-3-5-8(6-7)13(15)16/h3-6,9,14H,2H2,1H3/t9-,10+/m0/s1. The monoisotopic (exact) mass is 419 g/mol. The summed E-state index contributed by atoms with van der Waals surface area (Å²) in [7, 11) is -3.75. The lowest BCUT2D eigenvalue weighted by molar-refractivity contribution is -0.385. The van der Waals surface area contributed by atoms with Gasteiger partial charge in [0.05, 0.1) is 10.7 Å². The van der Waals surface area contributed by atoms with Gasteiger partial charge in [-0.3, -0.25) is 10.1 Å². The van der Waals surface area contributed by atoms with Crippen molar-refractivity contribution in [1.29, 1.82) is 0 Å². The van der Waals surface area contributed by atoms with E-state index in [1.807, 2.05) is 0 Å². The van der Waals surface area contributed by atoms with E-state index < -0.39 is 23.1 Å². The zero-order valence-electron chi connectivity index (χ0n) is 9.79. The van der Waals surface area contributed by atoms with Gasteiger partial charge in [0.15, 0.2) is 9.84 Å². The Labute approximate surface area is 129 Å². The summed E-state index contributed by atoms with van der Waals surface area (Å²) in [5.74, 6) is -0.245. The average molecular weight is 420 g/mol. The maximum Gasteiger partial charge on any atom is 0.269 e. The first kappa shape index (κ1) is 16.6. The fraction of sp³-hybridized carbons (Fsp3) is 0.400. The second-order valence-corrected chi connectivity index (χ2v) is 10.1. The molecule has 0 fully saturated rings. The summed E-state index contributed by atoms with van der Waals surface area (Å²) in [6, 6.07) is 5.09. The fourth-order valence-corrected chi connectivity index (χ4v) is 3.97. The van der Waals surface area contributed by atoms with Gasteiger partial charge in [-0.25, -0.2) is 8.42 Å². The van der Waals surface area contributed by atoms with E-state index in [0.29, 0.717) is 0 Å². The Balaban J connectivity index is 3.24. The normalized spacial score (nSPS) is 16.6. The van der Waals surface area contributed by atoms with Crippen LogP contribution in [0.4, 0.5) is 5.69 Å². The van der Waals surface area contributed by atoms with E-state index in [1.54, 1.807) is 0 Å². The van der Waals surface area contributed by atoms with Crippen molar-refractivity contribution in [3.63, 3.8) is 0 Å². The van der Waals surface area contributed by atoms with Crippen molar-refractivity contribution < 1.29 is 18.4 Å². The number of nitro benzene ring substituents is 1. The van der Waals surface area contributed by atoms with Crippen molar-refractivity contribution in [1.82, 2.24) is 0 Å². The van der Waals surface area contributed by atoms with Crippen LogP contribution in [0.2, 0.25) is 0 Å². The first-order valence-corrected chi connectivity index (χ1v) is 8.27. The second-order valence-electron chi connectivity index (χ2n) is 3.72. The van der Waals surface area contributed by atoms with E-state index >= 15 is 0 Å². The van der Waals surface area contributed by atoms with Crippen molar-refractivity contribution >= 4 is 49.7 Å². The van der Waals surface area contributed by atoms with Gasteiger partial charge in [-0.05, 0) is 28.2 Å². The molecule has 0 unspecified atom stereocenters. The molecule has 0 bridgehead atoms. The Bertz CT molecular complexity index is 589. The molecule has 106 valence electrons. The number of aliphatic hydroxyl groups is 1. The third kappa shape index (κ3) is 3.36. The number of halogens is 2. The molecular weight excluding hydrogens is 409 g/mol. The number of hydrogen-bond donors (Lipinski definition) is 1. The minimum Gasteiger partial charge on any atom is -0.385 e. The van der Waals surface area contributed by atoms with Crippen LogP contribution >= 0.6 is 34.2 Å². The van der Waals surface area contributed by atoms with E-state index in [4.69, 9.17) is 11.6 Å². The minimum absolute atomic E-state index is 0.0793. The maximum atomic E-state index is 11.8. The molecule has 2 atom stereocenters. The zero-order valence-corrected chi connectivity index (χ0v) is 13.5. The van der Waals surface area contributed by atoms with Gasteiger partial charge in [0.25, 0.3) is 5.69 Å². The lowest BCUT2D eigenvalue weighted by atomic mass is 10.1. The molecular formula is C10H11ClINO5S. The molecule has 0 radical (unpaired) electrons. The van der Waals surface area contributed by atoms with Gasteiger partial charge < -0.3 is 5.11 Å². The van der Waals surface area contributed by atoms with Gasteiger partial charge in [0.1, 0.15) is 6.10 Å². The van der Waals surface area contributed by atoms with E-state index in [2.05, 4.69) is 0 Å². The molecule has 0 saturated heterocycles. The Morgan fingerprint density at radius 2 is 2.16 bits per heavy atom. The molecule has 9 heteroatoms. The smallest absolute Gasteiger partial charge is 0.269 e. The Morgan fingerprint density at radius 1 is 1.58 bits per heavy atom. The molecule has 0 amide bonds. The van der Waals surface area contributed by atoms with Crippen LogP contribution in [0.5, 0.6) is 0 Å². The van der Waals surface area contributed by atoms with Crippen molar-refractivity contribution in [3.05, 3.63) is 39.9 Å². The van der Waals surface area contributed by atoms with Crippen LogP contribution in [-0.4, -0.2) is 26.4 Å². The van der Waals surface area contributed by atoms with Crippen LogP contribution in [0.3, 0.4) is 0 Å². The SMILES string of the molecule is CCS(=O)(=O)[C@](Cl)(I)[C@@H](O)c1cccc([N+](=O)[O-])c1. The molecule has 0 heterocycles. The number of benzene rings is 1. The van der Waals surface area contributed by atoms with E-state index in [0.717, 1.165) is 6.07 Å². The summed E-state index contributed by atoms with van der Waals surface area (Å²) < 4.78 is 21.7. The molecule has 1 aromatic rings. The topological polar surface area (TPSA) is 97.5 Å². The van der Waals surface area contributed by atoms with Gasteiger partial charge in [-0.2, -0.15) is 0 Å². The summed E-state index contributed by atoms with van der Waals surface area (Å²) in [5.41, 5.74) is -0.162. The van der Waals surface area contributed by atoms with E-state index in [9.17, 15) is 23.6 Å². The summed E-state index contributed by atoms with van der Waals surface area (Å²) in [6.45, 7) is 1.41. The Kier molecular flexibility index (Phi) is 5.15. The molecule has 0 saturated carbocycles. The summed E-state index contributed by atoms with van der Waals surface area (Å²) in [6.07, 6.45) is -1.57. The third-order valence-corrected chi connectivity index (χ3v) is 7.84. The Hall–Kier alpha value is -0.450. The minimum atomic E-state index is -3.75. The number of sulfone groups is 1. The molecule has 0 aliphatic heterocycles. The van der Waals surface area contributed by atoms with Gasteiger partial charge >= 0.3 is 0 Å². The van der Waals surface area contributed by atoms with Crippen molar-refractivity contribution in [2.45, 2.75) is 15.2 Å². The highest BCUT2D eigenvalue weighted by molar-refractivity contribution is 14.1. The van der Waals surface area contributed by atoms with Gasteiger partial charge in [0, 0.05) is 12.1 Å². The van der Waals surface area contributed by atoms with Crippen LogP contribution in [0.15, 0.2) is 24.3 Å². The largest absolute Gasteiger partial charge is 0.385 e. The molecule has 0 spiro atoms. The third-order valence-electron chi connectivity index (χ3n) is 2.51. The molecule has 1 rings (SSSR count). The summed E-state index contributed by atoms with van der Waals surface area (Å²) in [5, 5.41) is 20.7. The van der Waals surface area contributed by atoms with Crippen molar-refractivity contribution in [3.8, 4) is 0 Å². The number of aliphatic hydroxyl groups excluding tert-OH is 1. The molecule has 1 aromatic carbocycles. The van der Waals surface area contributed by atoms with Gasteiger partial charge in [0.2, 0.25) is 2.21 Å². The van der Waals surface area contributed by atoms with E-state index in [1.165, 1.54) is 47.7 Å². The van der Waals surface area contributed by atoms with Crippen LogP contribution in [0.1, 0.15) is 18.6 Å². The first-order valence-electron chi connectivity index (χ1n) is 5.16. The van der Waals surface area contributed by atoms with Gasteiger partial charge in [-0.15, -0.1) is 0 Å². The number of nitrogens with zero attached hydrogens (tertiary/aromatic N) is 1.